The number of rotatable bonds is 7. The van der Waals surface area contributed by atoms with Crippen LogP contribution in [-0.4, -0.2) is 23.8 Å². The van der Waals surface area contributed by atoms with E-state index in [9.17, 15) is 4.79 Å². The number of nitrogens with zero attached hydrogens (tertiary/aromatic N) is 1. The van der Waals surface area contributed by atoms with Gasteiger partial charge < -0.3 is 5.11 Å². The summed E-state index contributed by atoms with van der Waals surface area (Å²) in [4.78, 5) is 15.4. The number of aliphatic carboxylic acids is 1. The van der Waals surface area contributed by atoms with Crippen molar-refractivity contribution in [2.45, 2.75) is 53.4 Å². The lowest BCUT2D eigenvalue weighted by molar-refractivity contribution is -0.145. The SMILES string of the molecule is C=C(C)/C(C)=C(C(=C\C(C)=C/C1CC(C(=O)O)C1)/C1CC1)\C(C)=N/C. The second kappa shape index (κ2) is 7.99. The Hall–Kier alpha value is -1.90. The molecule has 0 saturated heterocycles. The fourth-order valence-corrected chi connectivity index (χ4v) is 3.48. The number of hydrogen-bond acceptors (Lipinski definition) is 2. The molecule has 3 heteroatoms. The van der Waals surface area contributed by atoms with Crippen molar-refractivity contribution < 1.29 is 9.90 Å². The zero-order valence-electron chi connectivity index (χ0n) is 16.2. The van der Waals surface area contributed by atoms with Crippen molar-refractivity contribution in [3.05, 3.63) is 46.6 Å². The third kappa shape index (κ3) is 4.81. The third-order valence-corrected chi connectivity index (χ3v) is 5.42. The van der Waals surface area contributed by atoms with Gasteiger partial charge in [0, 0.05) is 18.3 Å². The highest BCUT2D eigenvalue weighted by molar-refractivity contribution is 6.03. The van der Waals surface area contributed by atoms with Gasteiger partial charge in [-0.05, 0) is 76.4 Å². The summed E-state index contributed by atoms with van der Waals surface area (Å²) in [7, 11) is 1.84. The van der Waals surface area contributed by atoms with Crippen LogP contribution in [0.15, 0.2) is 51.6 Å². The van der Waals surface area contributed by atoms with Crippen molar-refractivity contribution in [1.29, 1.82) is 0 Å². The minimum absolute atomic E-state index is 0.156. The Morgan fingerprint density at radius 1 is 1.12 bits per heavy atom. The number of allylic oxidation sites excluding steroid dienone is 7. The lowest BCUT2D eigenvalue weighted by Crippen LogP contribution is -2.29. The first-order chi connectivity index (χ1) is 11.7. The van der Waals surface area contributed by atoms with Gasteiger partial charge in [0.2, 0.25) is 0 Å². The number of carboxylic acids is 1. The van der Waals surface area contributed by atoms with Gasteiger partial charge in [-0.1, -0.05) is 29.9 Å². The smallest absolute Gasteiger partial charge is 0.306 e. The molecule has 2 fully saturated rings. The van der Waals surface area contributed by atoms with E-state index in [1.807, 2.05) is 14.0 Å². The van der Waals surface area contributed by atoms with Crippen molar-refractivity contribution in [2.75, 3.05) is 7.05 Å². The highest BCUT2D eigenvalue weighted by atomic mass is 16.4. The molecule has 0 unspecified atom stereocenters. The monoisotopic (exact) mass is 341 g/mol. The van der Waals surface area contributed by atoms with Crippen LogP contribution < -0.4 is 0 Å². The van der Waals surface area contributed by atoms with E-state index in [-0.39, 0.29) is 5.92 Å². The molecule has 136 valence electrons. The number of carbonyl (C=O) groups is 1. The van der Waals surface area contributed by atoms with Crippen LogP contribution in [0.1, 0.15) is 53.4 Å². The van der Waals surface area contributed by atoms with E-state index in [0.717, 1.165) is 24.1 Å². The van der Waals surface area contributed by atoms with E-state index in [1.165, 1.54) is 35.1 Å². The van der Waals surface area contributed by atoms with Crippen LogP contribution in [0.4, 0.5) is 0 Å². The predicted octanol–water partition coefficient (Wildman–Crippen LogP) is 5.36. The summed E-state index contributed by atoms with van der Waals surface area (Å²) < 4.78 is 0. The molecule has 1 N–H and O–H groups in total. The molecule has 0 spiro atoms. The summed E-state index contributed by atoms with van der Waals surface area (Å²) in [6, 6.07) is 0. The van der Waals surface area contributed by atoms with Crippen molar-refractivity contribution in [2.24, 2.45) is 22.7 Å². The van der Waals surface area contributed by atoms with E-state index in [4.69, 9.17) is 5.11 Å². The molecule has 2 rings (SSSR count). The quantitative estimate of drug-likeness (QED) is 0.500. The zero-order chi connectivity index (χ0) is 18.7. The first-order valence-electron chi connectivity index (χ1n) is 9.18. The molecule has 2 saturated carbocycles. The van der Waals surface area contributed by atoms with Gasteiger partial charge in [0.05, 0.1) is 5.92 Å². The van der Waals surface area contributed by atoms with E-state index in [1.54, 1.807) is 0 Å². The minimum Gasteiger partial charge on any atom is -0.481 e. The lowest BCUT2D eigenvalue weighted by atomic mass is 9.74. The number of carboxylic acid groups (broad SMARTS) is 1. The highest BCUT2D eigenvalue weighted by Crippen LogP contribution is 2.43. The molecular weight excluding hydrogens is 310 g/mol. The normalized spacial score (nSPS) is 26.0. The van der Waals surface area contributed by atoms with Crippen LogP contribution in [0.5, 0.6) is 0 Å². The molecule has 0 amide bonds. The number of hydrogen-bond donors (Lipinski definition) is 1. The Morgan fingerprint density at radius 3 is 2.16 bits per heavy atom. The van der Waals surface area contributed by atoms with Gasteiger partial charge in [0.15, 0.2) is 0 Å². The Morgan fingerprint density at radius 2 is 1.72 bits per heavy atom. The summed E-state index contributed by atoms with van der Waals surface area (Å²) in [6.45, 7) is 12.5. The summed E-state index contributed by atoms with van der Waals surface area (Å²) in [6.07, 6.45) is 8.53. The topological polar surface area (TPSA) is 49.7 Å². The fourth-order valence-electron chi connectivity index (χ4n) is 3.48. The fraction of sp³-hybridized carbons (Fsp3) is 0.545. The maximum absolute atomic E-state index is 11.0. The molecule has 0 aromatic heterocycles. The second-order valence-electron chi connectivity index (χ2n) is 7.64. The first-order valence-corrected chi connectivity index (χ1v) is 9.18. The van der Waals surface area contributed by atoms with Crippen LogP contribution in [0.3, 0.4) is 0 Å². The van der Waals surface area contributed by atoms with E-state index >= 15 is 0 Å². The van der Waals surface area contributed by atoms with Crippen molar-refractivity contribution >= 4 is 11.7 Å². The summed E-state index contributed by atoms with van der Waals surface area (Å²) >= 11 is 0. The van der Waals surface area contributed by atoms with Crippen LogP contribution >= 0.6 is 0 Å². The molecule has 0 aliphatic heterocycles. The van der Waals surface area contributed by atoms with E-state index < -0.39 is 5.97 Å². The van der Waals surface area contributed by atoms with Gasteiger partial charge in [-0.15, -0.1) is 0 Å². The molecule has 0 radical (unpaired) electrons. The summed E-state index contributed by atoms with van der Waals surface area (Å²) in [5, 5.41) is 9.03. The van der Waals surface area contributed by atoms with Gasteiger partial charge in [-0.25, -0.2) is 0 Å². The highest BCUT2D eigenvalue weighted by Gasteiger charge is 2.33. The van der Waals surface area contributed by atoms with Gasteiger partial charge in [-0.3, -0.25) is 9.79 Å². The molecule has 2 aliphatic rings. The van der Waals surface area contributed by atoms with Crippen LogP contribution in [-0.2, 0) is 4.79 Å². The van der Waals surface area contributed by atoms with Gasteiger partial charge >= 0.3 is 5.97 Å². The average molecular weight is 341 g/mol. The minimum atomic E-state index is -0.659. The Balaban J connectivity index is 2.30. The number of aliphatic imine (C=N–C) groups is 1. The molecule has 25 heavy (non-hydrogen) atoms. The Bertz CT molecular complexity index is 681. The van der Waals surface area contributed by atoms with Gasteiger partial charge in [0.1, 0.15) is 0 Å². The van der Waals surface area contributed by atoms with Gasteiger partial charge in [0.25, 0.3) is 0 Å². The van der Waals surface area contributed by atoms with Crippen molar-refractivity contribution in [1.82, 2.24) is 0 Å². The molecule has 0 atom stereocenters. The standard InChI is InChI=1S/C22H31NO2/c1-13(2)15(4)21(16(5)23-6)20(18-7-8-18)10-14(3)9-17-11-19(12-17)22(24)25/h9-10,17-19H,1,7-8,11-12H2,2-6H3,(H,24,25)/b14-9-,20-10-,21-15+,23-16-. The molecule has 0 bridgehead atoms. The molecule has 0 aromatic rings. The summed E-state index contributed by atoms with van der Waals surface area (Å²) in [5.74, 6) is 0.191. The van der Waals surface area contributed by atoms with Gasteiger partial charge in [-0.2, -0.15) is 0 Å². The van der Waals surface area contributed by atoms with Crippen LogP contribution in [0.2, 0.25) is 0 Å². The van der Waals surface area contributed by atoms with E-state index in [0.29, 0.717) is 11.8 Å². The molecule has 0 heterocycles. The maximum Gasteiger partial charge on any atom is 0.306 e. The lowest BCUT2D eigenvalue weighted by Gasteiger charge is -2.30. The van der Waals surface area contributed by atoms with Crippen LogP contribution in [0.25, 0.3) is 0 Å². The van der Waals surface area contributed by atoms with Crippen LogP contribution in [0, 0.1) is 17.8 Å². The average Bonchev–Trinajstić information content (AvgIpc) is 3.33. The van der Waals surface area contributed by atoms with Crippen molar-refractivity contribution in [3.63, 3.8) is 0 Å². The zero-order valence-corrected chi connectivity index (χ0v) is 16.2. The Kier molecular flexibility index (Phi) is 6.21. The third-order valence-electron chi connectivity index (χ3n) is 5.42. The largest absolute Gasteiger partial charge is 0.481 e. The Labute approximate surface area is 151 Å². The molecule has 2 aliphatic carbocycles. The molecule has 3 nitrogen and oxygen atoms in total. The summed E-state index contributed by atoms with van der Waals surface area (Å²) in [5.41, 5.74) is 7.18. The molecular formula is C22H31NO2. The second-order valence-corrected chi connectivity index (χ2v) is 7.64. The predicted molar refractivity (Wildman–Crippen MR) is 105 cm³/mol. The van der Waals surface area contributed by atoms with Crippen molar-refractivity contribution in [3.8, 4) is 0 Å². The maximum atomic E-state index is 11.0. The van der Waals surface area contributed by atoms with E-state index in [2.05, 4.69) is 44.5 Å². The first kappa shape index (κ1) is 19.4. The molecule has 0 aromatic carbocycles.